The molecule has 30 heavy (non-hydrogen) atoms. The topological polar surface area (TPSA) is 9.23 Å². The Hall–Kier alpha value is -0.720. The summed E-state index contributed by atoms with van der Waals surface area (Å²) < 4.78 is 5.62. The minimum atomic E-state index is 0.848. The first-order valence-electron chi connectivity index (χ1n) is 13.9. The van der Waals surface area contributed by atoms with E-state index >= 15 is 0 Å². The van der Waals surface area contributed by atoms with E-state index in [1.54, 1.807) is 11.1 Å². The number of allylic oxidation sites excluding steroid dienone is 2. The zero-order chi connectivity index (χ0) is 21.5. The number of rotatable bonds is 22. The Morgan fingerprint density at radius 2 is 0.933 bits per heavy atom. The standard InChI is InChI=1S/C29H54O/c1-3-5-7-9-11-13-15-17-19-21-23-28-25-26-30-27-29(28)24-22-20-18-16-14-12-10-8-6-4-2/h25-26H,3-24,27H2,1-2H3. The number of hydrogen-bond acceptors (Lipinski definition) is 1. The van der Waals surface area contributed by atoms with E-state index in [9.17, 15) is 0 Å². The molecule has 1 heterocycles. The highest BCUT2D eigenvalue weighted by Crippen LogP contribution is 2.24. The van der Waals surface area contributed by atoms with Crippen molar-refractivity contribution in [2.24, 2.45) is 0 Å². The number of ether oxygens (including phenoxy) is 1. The van der Waals surface area contributed by atoms with Crippen molar-refractivity contribution in [1.29, 1.82) is 0 Å². The van der Waals surface area contributed by atoms with Crippen LogP contribution in [0.5, 0.6) is 0 Å². The van der Waals surface area contributed by atoms with Crippen LogP contribution in [0.4, 0.5) is 0 Å². The Morgan fingerprint density at radius 1 is 0.533 bits per heavy atom. The van der Waals surface area contributed by atoms with E-state index < -0.39 is 0 Å². The minimum absolute atomic E-state index is 0.848. The summed E-state index contributed by atoms with van der Waals surface area (Å²) in [4.78, 5) is 0. The van der Waals surface area contributed by atoms with E-state index in [1.807, 2.05) is 6.26 Å². The molecule has 0 saturated carbocycles. The molecule has 0 aliphatic carbocycles. The molecular formula is C29H54O. The first-order valence-corrected chi connectivity index (χ1v) is 13.9. The molecule has 0 amide bonds. The van der Waals surface area contributed by atoms with Crippen LogP contribution in [-0.4, -0.2) is 6.61 Å². The zero-order valence-electron chi connectivity index (χ0n) is 20.8. The minimum Gasteiger partial charge on any atom is -0.497 e. The third-order valence-corrected chi connectivity index (χ3v) is 6.71. The molecule has 0 aromatic carbocycles. The van der Waals surface area contributed by atoms with Gasteiger partial charge in [0, 0.05) is 0 Å². The van der Waals surface area contributed by atoms with Crippen molar-refractivity contribution < 1.29 is 4.74 Å². The summed E-state index contributed by atoms with van der Waals surface area (Å²) in [6.07, 6.45) is 35.1. The van der Waals surface area contributed by atoms with E-state index in [0.29, 0.717) is 0 Å². The van der Waals surface area contributed by atoms with Crippen molar-refractivity contribution in [3.05, 3.63) is 23.5 Å². The largest absolute Gasteiger partial charge is 0.497 e. The van der Waals surface area contributed by atoms with Crippen molar-refractivity contribution in [3.63, 3.8) is 0 Å². The lowest BCUT2D eigenvalue weighted by atomic mass is 9.95. The summed E-state index contributed by atoms with van der Waals surface area (Å²) in [5.74, 6) is 0. The molecule has 0 aromatic rings. The molecule has 1 heteroatoms. The Morgan fingerprint density at radius 3 is 1.40 bits per heavy atom. The van der Waals surface area contributed by atoms with Gasteiger partial charge in [0.15, 0.2) is 0 Å². The predicted molar refractivity (Wildman–Crippen MR) is 135 cm³/mol. The maximum atomic E-state index is 5.62. The fourth-order valence-electron chi connectivity index (χ4n) is 4.61. The molecule has 0 atom stereocenters. The zero-order valence-corrected chi connectivity index (χ0v) is 20.8. The highest BCUT2D eigenvalue weighted by molar-refractivity contribution is 5.27. The van der Waals surface area contributed by atoms with E-state index in [4.69, 9.17) is 4.74 Å². The summed E-state index contributed by atoms with van der Waals surface area (Å²) in [5, 5.41) is 0. The molecule has 0 unspecified atom stereocenters. The quantitative estimate of drug-likeness (QED) is 0.159. The molecule has 0 aromatic heterocycles. The van der Waals surface area contributed by atoms with Gasteiger partial charge in [-0.3, -0.25) is 0 Å². The highest BCUT2D eigenvalue weighted by Gasteiger charge is 2.09. The van der Waals surface area contributed by atoms with Crippen molar-refractivity contribution in [2.75, 3.05) is 6.61 Å². The third kappa shape index (κ3) is 16.0. The summed E-state index contributed by atoms with van der Waals surface area (Å²) in [6.45, 7) is 5.44. The van der Waals surface area contributed by atoms with Gasteiger partial charge in [-0.05, 0) is 42.9 Å². The van der Waals surface area contributed by atoms with Gasteiger partial charge in [-0.1, -0.05) is 129 Å². The average molecular weight is 419 g/mol. The molecular weight excluding hydrogens is 364 g/mol. The van der Waals surface area contributed by atoms with Crippen LogP contribution in [0.2, 0.25) is 0 Å². The lowest BCUT2D eigenvalue weighted by Gasteiger charge is -2.17. The molecule has 0 radical (unpaired) electrons. The molecule has 0 bridgehead atoms. The van der Waals surface area contributed by atoms with Gasteiger partial charge < -0.3 is 4.74 Å². The van der Waals surface area contributed by atoms with Gasteiger partial charge in [0.05, 0.1) is 6.26 Å². The molecule has 0 N–H and O–H groups in total. The van der Waals surface area contributed by atoms with Crippen LogP contribution in [-0.2, 0) is 4.74 Å². The SMILES string of the molecule is CCCCCCCCCCCCC1=C(CCCCCCCCCCCC)COC=C1. The fourth-order valence-corrected chi connectivity index (χ4v) is 4.61. The van der Waals surface area contributed by atoms with Crippen LogP contribution in [0.1, 0.15) is 155 Å². The first kappa shape index (κ1) is 27.3. The Labute approximate surface area is 190 Å². The Kier molecular flexibility index (Phi) is 19.6. The Bertz CT molecular complexity index is 420. The van der Waals surface area contributed by atoms with Gasteiger partial charge >= 0.3 is 0 Å². The van der Waals surface area contributed by atoms with E-state index in [2.05, 4.69) is 19.9 Å². The molecule has 176 valence electrons. The van der Waals surface area contributed by atoms with Crippen molar-refractivity contribution in [3.8, 4) is 0 Å². The first-order chi connectivity index (χ1) is 14.9. The van der Waals surface area contributed by atoms with Crippen molar-refractivity contribution >= 4 is 0 Å². The lowest BCUT2D eigenvalue weighted by molar-refractivity contribution is 0.268. The van der Waals surface area contributed by atoms with Crippen LogP contribution in [0.25, 0.3) is 0 Å². The van der Waals surface area contributed by atoms with Gasteiger partial charge in [-0.2, -0.15) is 0 Å². The third-order valence-electron chi connectivity index (χ3n) is 6.71. The molecule has 1 aliphatic heterocycles. The molecule has 1 aliphatic rings. The van der Waals surface area contributed by atoms with Gasteiger partial charge in [0.25, 0.3) is 0 Å². The van der Waals surface area contributed by atoms with Crippen LogP contribution in [0, 0.1) is 0 Å². The second-order valence-electron chi connectivity index (χ2n) is 9.61. The van der Waals surface area contributed by atoms with Crippen LogP contribution in [0.15, 0.2) is 23.5 Å². The maximum Gasteiger partial charge on any atom is 0.109 e. The van der Waals surface area contributed by atoms with Gasteiger partial charge in [0.1, 0.15) is 6.61 Å². The average Bonchev–Trinajstić information content (AvgIpc) is 2.77. The summed E-state index contributed by atoms with van der Waals surface area (Å²) in [7, 11) is 0. The van der Waals surface area contributed by atoms with E-state index in [0.717, 1.165) is 6.61 Å². The fraction of sp³-hybridized carbons (Fsp3) is 0.862. The van der Waals surface area contributed by atoms with Crippen LogP contribution >= 0.6 is 0 Å². The predicted octanol–water partition coefficient (Wildman–Crippen LogP) is 10.4. The summed E-state index contributed by atoms with van der Waals surface area (Å²) in [6, 6.07) is 0. The second kappa shape index (κ2) is 21.5. The van der Waals surface area contributed by atoms with E-state index in [-0.39, 0.29) is 0 Å². The second-order valence-corrected chi connectivity index (χ2v) is 9.61. The van der Waals surface area contributed by atoms with E-state index in [1.165, 1.54) is 141 Å². The van der Waals surface area contributed by atoms with Gasteiger partial charge in [-0.15, -0.1) is 0 Å². The van der Waals surface area contributed by atoms with Gasteiger partial charge in [0.2, 0.25) is 0 Å². The molecule has 0 spiro atoms. The number of unbranched alkanes of at least 4 members (excludes halogenated alkanes) is 18. The van der Waals surface area contributed by atoms with Crippen LogP contribution in [0.3, 0.4) is 0 Å². The van der Waals surface area contributed by atoms with Crippen LogP contribution < -0.4 is 0 Å². The lowest BCUT2D eigenvalue weighted by Crippen LogP contribution is -2.03. The summed E-state index contributed by atoms with van der Waals surface area (Å²) in [5.41, 5.74) is 3.18. The molecule has 0 fully saturated rings. The monoisotopic (exact) mass is 418 g/mol. The Balaban J connectivity index is 2.02. The molecule has 1 nitrogen and oxygen atoms in total. The molecule has 0 saturated heterocycles. The maximum absolute atomic E-state index is 5.62. The molecule has 1 rings (SSSR count). The highest BCUT2D eigenvalue weighted by atomic mass is 16.5. The van der Waals surface area contributed by atoms with Crippen molar-refractivity contribution in [1.82, 2.24) is 0 Å². The van der Waals surface area contributed by atoms with Crippen molar-refractivity contribution in [2.45, 2.75) is 155 Å². The smallest absolute Gasteiger partial charge is 0.109 e. The summed E-state index contributed by atoms with van der Waals surface area (Å²) >= 11 is 0. The normalized spacial score (nSPS) is 13.8. The number of hydrogen-bond donors (Lipinski definition) is 0. The van der Waals surface area contributed by atoms with Gasteiger partial charge in [-0.25, -0.2) is 0 Å².